The molecular weight excluding hydrogens is 340 g/mol. The molecule has 0 radical (unpaired) electrons. The molecule has 1 saturated carbocycles. The number of nitrogens with zero attached hydrogens (tertiary/aromatic N) is 2. The second-order valence-corrected chi connectivity index (χ2v) is 8.11. The van der Waals surface area contributed by atoms with E-state index in [1.54, 1.807) is 11.6 Å². The monoisotopic (exact) mass is 370 g/mol. The zero-order chi connectivity index (χ0) is 19.7. The van der Waals surface area contributed by atoms with Gasteiger partial charge in [0.25, 0.3) is 5.56 Å². The lowest BCUT2D eigenvalue weighted by molar-refractivity contribution is 0.295. The Morgan fingerprint density at radius 3 is 2.15 bits per heavy atom. The van der Waals surface area contributed by atoms with Crippen molar-refractivity contribution in [3.63, 3.8) is 0 Å². The van der Waals surface area contributed by atoms with E-state index in [4.69, 9.17) is 4.74 Å². The zero-order valence-corrected chi connectivity index (χ0v) is 17.0. The molecule has 1 aromatic carbocycles. The van der Waals surface area contributed by atoms with Gasteiger partial charge in [0, 0.05) is 13.1 Å². The Bertz CT molecular complexity index is 927. The summed E-state index contributed by atoms with van der Waals surface area (Å²) < 4.78 is 9.26. The van der Waals surface area contributed by atoms with Crippen molar-refractivity contribution < 1.29 is 4.74 Å². The number of hydrogen-bond acceptors (Lipinski definition) is 3. The lowest BCUT2D eigenvalue weighted by atomic mass is 9.95. The van der Waals surface area contributed by atoms with Gasteiger partial charge >= 0.3 is 5.69 Å². The van der Waals surface area contributed by atoms with Gasteiger partial charge in [-0.2, -0.15) is 0 Å². The largest absolute Gasteiger partial charge is 0.440 e. The molecule has 1 heterocycles. The minimum Gasteiger partial charge on any atom is -0.440 e. The number of ether oxygens (including phenoxy) is 1. The summed E-state index contributed by atoms with van der Waals surface area (Å²) in [6.07, 6.45) is 5.28. The van der Waals surface area contributed by atoms with Crippen LogP contribution in [0.4, 0.5) is 0 Å². The van der Waals surface area contributed by atoms with Crippen molar-refractivity contribution in [2.45, 2.75) is 71.8 Å². The topological polar surface area (TPSA) is 53.2 Å². The average Bonchev–Trinajstić information content (AvgIpc) is 2.60. The summed E-state index contributed by atoms with van der Waals surface area (Å²) in [7, 11) is 1.57. The summed E-state index contributed by atoms with van der Waals surface area (Å²) in [5.41, 5.74) is 2.21. The Hall–Kier alpha value is -2.30. The minimum atomic E-state index is -0.282. The highest BCUT2D eigenvalue weighted by atomic mass is 16.5. The van der Waals surface area contributed by atoms with E-state index in [9.17, 15) is 9.59 Å². The van der Waals surface area contributed by atoms with E-state index in [1.165, 1.54) is 11.0 Å². The molecule has 146 valence electrons. The van der Waals surface area contributed by atoms with Crippen LogP contribution < -0.4 is 16.0 Å². The molecule has 0 aliphatic heterocycles. The maximum absolute atomic E-state index is 13.1. The Balaban J connectivity index is 2.24. The molecule has 27 heavy (non-hydrogen) atoms. The predicted octanol–water partition coefficient (Wildman–Crippen LogP) is 4.58. The molecule has 5 heteroatoms. The van der Waals surface area contributed by atoms with Crippen LogP contribution in [0.25, 0.3) is 0 Å². The van der Waals surface area contributed by atoms with Crippen LogP contribution >= 0.6 is 0 Å². The van der Waals surface area contributed by atoms with Gasteiger partial charge in [-0.1, -0.05) is 39.2 Å². The molecule has 1 aromatic heterocycles. The highest BCUT2D eigenvalue weighted by Crippen LogP contribution is 2.35. The molecule has 1 aliphatic carbocycles. The van der Waals surface area contributed by atoms with Crippen molar-refractivity contribution in [1.82, 2.24) is 9.13 Å². The van der Waals surface area contributed by atoms with Crippen molar-refractivity contribution in [1.29, 1.82) is 0 Å². The first-order valence-corrected chi connectivity index (χ1v) is 9.91. The lowest BCUT2D eigenvalue weighted by Gasteiger charge is -2.28. The van der Waals surface area contributed by atoms with Gasteiger partial charge in [-0.3, -0.25) is 13.9 Å². The van der Waals surface area contributed by atoms with Gasteiger partial charge in [0.2, 0.25) is 5.88 Å². The first-order chi connectivity index (χ1) is 12.8. The summed E-state index contributed by atoms with van der Waals surface area (Å²) in [5.74, 6) is 1.06. The summed E-state index contributed by atoms with van der Waals surface area (Å²) in [4.78, 5) is 25.9. The molecular formula is C22H30N2O3. The second-order valence-electron chi connectivity index (χ2n) is 8.11. The molecule has 0 atom stereocenters. The Morgan fingerprint density at radius 1 is 1.00 bits per heavy atom. The number of rotatable bonds is 4. The van der Waals surface area contributed by atoms with Gasteiger partial charge in [0.05, 0.1) is 5.56 Å². The Morgan fingerprint density at radius 2 is 1.59 bits per heavy atom. The molecule has 0 spiro atoms. The number of hydrogen-bond donors (Lipinski definition) is 0. The number of aromatic nitrogens is 2. The van der Waals surface area contributed by atoms with Crippen LogP contribution in [0.15, 0.2) is 27.8 Å². The van der Waals surface area contributed by atoms with Crippen LogP contribution in [0.2, 0.25) is 0 Å². The molecule has 1 aliphatic rings. The van der Waals surface area contributed by atoms with Gasteiger partial charge in [-0.05, 0) is 55.9 Å². The van der Waals surface area contributed by atoms with E-state index in [0.29, 0.717) is 17.2 Å². The standard InChI is InChI=1S/C22H30N2O3/c1-14(2)19-20(25)23(5)22(26)24(17-9-7-6-8-10-17)21(19)27-18-12-15(3)11-16(4)13-18/h11-14,17H,6-10H2,1-5H3. The molecule has 5 nitrogen and oxygen atoms in total. The predicted molar refractivity (Wildman–Crippen MR) is 108 cm³/mol. The van der Waals surface area contributed by atoms with E-state index in [-0.39, 0.29) is 23.2 Å². The molecule has 0 amide bonds. The Kier molecular flexibility index (Phi) is 5.59. The summed E-state index contributed by atoms with van der Waals surface area (Å²) >= 11 is 0. The fraction of sp³-hybridized carbons (Fsp3) is 0.545. The smallest absolute Gasteiger partial charge is 0.333 e. The fourth-order valence-electron chi connectivity index (χ4n) is 4.10. The van der Waals surface area contributed by atoms with Crippen LogP contribution in [0.1, 0.15) is 74.6 Å². The van der Waals surface area contributed by atoms with E-state index < -0.39 is 0 Å². The average molecular weight is 370 g/mol. The van der Waals surface area contributed by atoms with E-state index in [0.717, 1.165) is 36.8 Å². The van der Waals surface area contributed by atoms with E-state index >= 15 is 0 Å². The molecule has 0 bridgehead atoms. The van der Waals surface area contributed by atoms with Gasteiger partial charge in [-0.15, -0.1) is 0 Å². The van der Waals surface area contributed by atoms with Gasteiger partial charge in [0.1, 0.15) is 5.75 Å². The first-order valence-electron chi connectivity index (χ1n) is 9.91. The molecule has 0 N–H and O–H groups in total. The number of aryl methyl sites for hydroxylation is 2. The SMILES string of the molecule is Cc1cc(C)cc(Oc2c(C(C)C)c(=O)n(C)c(=O)n2C2CCCCC2)c1. The maximum atomic E-state index is 13.1. The van der Waals surface area contributed by atoms with Crippen LogP contribution in [0.3, 0.4) is 0 Å². The second kappa shape index (κ2) is 7.75. The highest BCUT2D eigenvalue weighted by molar-refractivity contribution is 5.38. The van der Waals surface area contributed by atoms with Crippen LogP contribution in [-0.4, -0.2) is 9.13 Å². The van der Waals surface area contributed by atoms with Crippen molar-refractivity contribution in [3.8, 4) is 11.6 Å². The van der Waals surface area contributed by atoms with Crippen molar-refractivity contribution in [3.05, 3.63) is 55.7 Å². The van der Waals surface area contributed by atoms with Crippen LogP contribution in [0, 0.1) is 13.8 Å². The van der Waals surface area contributed by atoms with E-state index in [1.807, 2.05) is 39.8 Å². The quantitative estimate of drug-likeness (QED) is 0.791. The third-order valence-corrected chi connectivity index (χ3v) is 5.40. The van der Waals surface area contributed by atoms with Gasteiger partial charge < -0.3 is 4.74 Å². The Labute approximate surface area is 160 Å². The fourth-order valence-corrected chi connectivity index (χ4v) is 4.10. The minimum absolute atomic E-state index is 0.0416. The third kappa shape index (κ3) is 3.87. The zero-order valence-electron chi connectivity index (χ0n) is 17.0. The molecule has 2 aromatic rings. The lowest BCUT2D eigenvalue weighted by Crippen LogP contribution is -2.42. The summed E-state index contributed by atoms with van der Waals surface area (Å²) in [5, 5.41) is 0. The van der Waals surface area contributed by atoms with Crippen LogP contribution in [-0.2, 0) is 7.05 Å². The first kappa shape index (κ1) is 19.5. The van der Waals surface area contributed by atoms with Crippen LogP contribution in [0.5, 0.6) is 11.6 Å². The normalized spacial score (nSPS) is 15.3. The molecule has 3 rings (SSSR count). The van der Waals surface area contributed by atoms with E-state index in [2.05, 4.69) is 6.07 Å². The van der Waals surface area contributed by atoms with Crippen molar-refractivity contribution >= 4 is 0 Å². The van der Waals surface area contributed by atoms with Gasteiger partial charge in [-0.25, -0.2) is 4.79 Å². The molecule has 0 unspecified atom stereocenters. The summed E-state index contributed by atoms with van der Waals surface area (Å²) in [6, 6.07) is 6.06. The van der Waals surface area contributed by atoms with Crippen molar-refractivity contribution in [2.24, 2.45) is 7.05 Å². The van der Waals surface area contributed by atoms with Crippen molar-refractivity contribution in [2.75, 3.05) is 0 Å². The molecule has 1 fully saturated rings. The molecule has 0 saturated heterocycles. The van der Waals surface area contributed by atoms with Gasteiger partial charge in [0.15, 0.2) is 0 Å². The highest BCUT2D eigenvalue weighted by Gasteiger charge is 2.27. The number of benzene rings is 1. The summed E-state index contributed by atoms with van der Waals surface area (Å²) in [6.45, 7) is 7.98. The third-order valence-electron chi connectivity index (χ3n) is 5.40. The maximum Gasteiger partial charge on any atom is 0.333 e.